The van der Waals surface area contributed by atoms with Gasteiger partial charge in [0, 0.05) is 39.3 Å². The summed E-state index contributed by atoms with van der Waals surface area (Å²) in [6, 6.07) is 2.19. The summed E-state index contributed by atoms with van der Waals surface area (Å²) in [7, 11) is -3.27. The molecular formula is C12H22N4O2S. The minimum atomic E-state index is -3.27. The average Bonchev–Trinajstić information content (AvgIpc) is 2.95. The van der Waals surface area contributed by atoms with Gasteiger partial charge < -0.3 is 0 Å². The highest BCUT2D eigenvalue weighted by Crippen LogP contribution is 2.19. The summed E-state index contributed by atoms with van der Waals surface area (Å²) < 4.78 is 27.9. The molecule has 108 valence electrons. The van der Waals surface area contributed by atoms with Crippen molar-refractivity contribution in [2.45, 2.75) is 32.2 Å². The van der Waals surface area contributed by atoms with E-state index in [0.717, 1.165) is 19.3 Å². The second kappa shape index (κ2) is 6.18. The van der Waals surface area contributed by atoms with Gasteiger partial charge >= 0.3 is 0 Å². The van der Waals surface area contributed by atoms with Crippen LogP contribution in [0.2, 0.25) is 0 Å². The third kappa shape index (κ3) is 3.08. The Morgan fingerprint density at radius 3 is 2.05 bits per heavy atom. The fraction of sp³-hybridized carbons (Fsp3) is 0.917. The molecule has 2 heterocycles. The Bertz CT molecular complexity index is 431. The van der Waals surface area contributed by atoms with Gasteiger partial charge in [-0.1, -0.05) is 6.92 Å². The molecule has 0 aromatic heterocycles. The summed E-state index contributed by atoms with van der Waals surface area (Å²) in [4.78, 5) is 2.08. The highest BCUT2D eigenvalue weighted by Gasteiger charge is 2.34. The second-order valence-electron chi connectivity index (χ2n) is 5.10. The molecule has 0 aromatic carbocycles. The third-order valence-corrected chi connectivity index (χ3v) is 6.00. The van der Waals surface area contributed by atoms with Crippen LogP contribution in [-0.4, -0.2) is 67.2 Å². The van der Waals surface area contributed by atoms with Crippen LogP contribution in [0.15, 0.2) is 0 Å². The molecule has 0 aromatic rings. The van der Waals surface area contributed by atoms with Crippen molar-refractivity contribution < 1.29 is 8.42 Å². The Balaban J connectivity index is 1.94. The van der Waals surface area contributed by atoms with Gasteiger partial charge in [-0.25, -0.2) is 0 Å². The highest BCUT2D eigenvalue weighted by atomic mass is 32.2. The molecule has 0 N–H and O–H groups in total. The van der Waals surface area contributed by atoms with Crippen LogP contribution in [0.1, 0.15) is 26.2 Å². The minimum Gasteiger partial charge on any atom is -0.285 e. The molecule has 2 aliphatic rings. The average molecular weight is 286 g/mol. The van der Waals surface area contributed by atoms with E-state index < -0.39 is 10.2 Å². The van der Waals surface area contributed by atoms with E-state index in [0.29, 0.717) is 39.3 Å². The van der Waals surface area contributed by atoms with Crippen molar-refractivity contribution >= 4 is 10.2 Å². The number of hydrogen-bond donors (Lipinski definition) is 0. The second-order valence-corrected chi connectivity index (χ2v) is 7.03. The van der Waals surface area contributed by atoms with Crippen molar-refractivity contribution in [2.75, 3.05) is 39.3 Å². The molecule has 2 rings (SSSR count). The number of hydrogen-bond acceptors (Lipinski definition) is 4. The summed E-state index contributed by atoms with van der Waals surface area (Å²) in [6.45, 7) is 5.59. The first kappa shape index (κ1) is 14.7. The van der Waals surface area contributed by atoms with Crippen LogP contribution in [0.3, 0.4) is 0 Å². The summed E-state index contributed by atoms with van der Waals surface area (Å²) in [6.07, 6.45) is 2.71. The SMILES string of the molecule is CCC(C#N)N1CCN(S(=O)(=O)N2CCCC2)CC1. The predicted octanol–water partition coefficient (Wildman–Crippen LogP) is 0.247. The Morgan fingerprint density at radius 1 is 1.05 bits per heavy atom. The summed E-state index contributed by atoms with van der Waals surface area (Å²) in [5.41, 5.74) is 0. The van der Waals surface area contributed by atoms with Crippen molar-refractivity contribution in [3.8, 4) is 6.07 Å². The monoisotopic (exact) mass is 286 g/mol. The van der Waals surface area contributed by atoms with Crippen LogP contribution in [0, 0.1) is 11.3 Å². The first-order valence-corrected chi connectivity index (χ1v) is 8.38. The number of piperazine rings is 1. The Kier molecular flexibility index (Phi) is 4.79. The number of rotatable bonds is 4. The van der Waals surface area contributed by atoms with Crippen molar-refractivity contribution in [3.05, 3.63) is 0 Å². The number of nitrogens with zero attached hydrogens (tertiary/aromatic N) is 4. The third-order valence-electron chi connectivity index (χ3n) is 3.97. The Morgan fingerprint density at radius 2 is 1.58 bits per heavy atom. The maximum absolute atomic E-state index is 12.4. The molecule has 0 radical (unpaired) electrons. The topological polar surface area (TPSA) is 67.6 Å². The minimum absolute atomic E-state index is 0.0864. The van der Waals surface area contributed by atoms with E-state index in [1.165, 1.54) is 0 Å². The van der Waals surface area contributed by atoms with E-state index in [1.807, 2.05) is 6.92 Å². The molecule has 1 unspecified atom stereocenters. The quantitative estimate of drug-likeness (QED) is 0.743. The van der Waals surface area contributed by atoms with E-state index in [-0.39, 0.29) is 6.04 Å². The van der Waals surface area contributed by atoms with Crippen LogP contribution < -0.4 is 0 Å². The normalized spacial score (nSPS) is 25.3. The maximum Gasteiger partial charge on any atom is 0.282 e. The van der Waals surface area contributed by atoms with Crippen molar-refractivity contribution in [3.63, 3.8) is 0 Å². The predicted molar refractivity (Wildman–Crippen MR) is 72.6 cm³/mol. The van der Waals surface area contributed by atoms with Crippen molar-refractivity contribution in [2.24, 2.45) is 0 Å². The smallest absolute Gasteiger partial charge is 0.282 e. The molecule has 0 spiro atoms. The van der Waals surface area contributed by atoms with Crippen LogP contribution in [0.4, 0.5) is 0 Å². The lowest BCUT2D eigenvalue weighted by Gasteiger charge is -2.37. The molecule has 2 aliphatic heterocycles. The molecule has 0 saturated carbocycles. The van der Waals surface area contributed by atoms with Gasteiger partial charge in [0.05, 0.1) is 12.1 Å². The molecule has 0 aliphatic carbocycles. The van der Waals surface area contributed by atoms with Gasteiger partial charge in [0.2, 0.25) is 0 Å². The molecule has 2 saturated heterocycles. The van der Waals surface area contributed by atoms with E-state index in [2.05, 4.69) is 11.0 Å². The van der Waals surface area contributed by atoms with Gasteiger partial charge in [0.25, 0.3) is 10.2 Å². The molecule has 6 nitrogen and oxygen atoms in total. The molecule has 19 heavy (non-hydrogen) atoms. The summed E-state index contributed by atoms with van der Waals surface area (Å²) in [5.74, 6) is 0. The van der Waals surface area contributed by atoms with Crippen LogP contribution in [-0.2, 0) is 10.2 Å². The van der Waals surface area contributed by atoms with Crippen molar-refractivity contribution in [1.82, 2.24) is 13.5 Å². The van der Waals surface area contributed by atoms with Gasteiger partial charge in [-0.3, -0.25) is 4.90 Å². The zero-order valence-electron chi connectivity index (χ0n) is 11.5. The fourth-order valence-electron chi connectivity index (χ4n) is 2.76. The fourth-order valence-corrected chi connectivity index (χ4v) is 4.43. The van der Waals surface area contributed by atoms with Gasteiger partial charge in [0.1, 0.15) is 0 Å². The first-order valence-electron chi connectivity index (χ1n) is 6.98. The molecule has 0 bridgehead atoms. The summed E-state index contributed by atoms with van der Waals surface area (Å²) in [5, 5.41) is 9.04. The van der Waals surface area contributed by atoms with E-state index in [4.69, 9.17) is 5.26 Å². The number of nitriles is 1. The molecule has 0 amide bonds. The standard InChI is InChI=1S/C12H22N4O2S/c1-2-12(11-13)14-7-9-16(10-8-14)19(17,18)15-5-3-4-6-15/h12H,2-10H2,1H3. The lowest BCUT2D eigenvalue weighted by atomic mass is 10.2. The van der Waals surface area contributed by atoms with Crippen LogP contribution in [0.5, 0.6) is 0 Å². The molecule has 2 fully saturated rings. The first-order chi connectivity index (χ1) is 9.09. The highest BCUT2D eigenvalue weighted by molar-refractivity contribution is 7.86. The van der Waals surface area contributed by atoms with Gasteiger partial charge in [0.15, 0.2) is 0 Å². The maximum atomic E-state index is 12.4. The van der Waals surface area contributed by atoms with Gasteiger partial charge in [-0.05, 0) is 19.3 Å². The van der Waals surface area contributed by atoms with Crippen molar-refractivity contribution in [1.29, 1.82) is 5.26 Å². The molecular weight excluding hydrogens is 264 g/mol. The Labute approximate surface area is 115 Å². The van der Waals surface area contributed by atoms with E-state index >= 15 is 0 Å². The zero-order valence-corrected chi connectivity index (χ0v) is 12.3. The largest absolute Gasteiger partial charge is 0.285 e. The van der Waals surface area contributed by atoms with Gasteiger partial charge in [-0.2, -0.15) is 22.3 Å². The zero-order chi connectivity index (χ0) is 13.9. The molecule has 1 atom stereocenters. The van der Waals surface area contributed by atoms with E-state index in [9.17, 15) is 8.42 Å². The van der Waals surface area contributed by atoms with Crippen LogP contribution >= 0.6 is 0 Å². The molecule has 7 heteroatoms. The Hall–Kier alpha value is -0.680. The van der Waals surface area contributed by atoms with E-state index in [1.54, 1.807) is 8.61 Å². The lowest BCUT2D eigenvalue weighted by molar-refractivity contribution is 0.155. The lowest BCUT2D eigenvalue weighted by Crippen LogP contribution is -2.54. The van der Waals surface area contributed by atoms with Gasteiger partial charge in [-0.15, -0.1) is 0 Å². The van der Waals surface area contributed by atoms with Crippen LogP contribution in [0.25, 0.3) is 0 Å². The summed E-state index contributed by atoms with van der Waals surface area (Å²) >= 11 is 0.